The van der Waals surface area contributed by atoms with Crippen molar-refractivity contribution in [1.29, 1.82) is 0 Å². The Kier molecular flexibility index (Phi) is 17.8. The molecule has 134 valence electrons. The molecule has 0 aliphatic rings. The average Bonchev–Trinajstić information content (AvgIpc) is 2.56. The zero-order valence-electron chi connectivity index (χ0n) is 15.2. The highest BCUT2D eigenvalue weighted by atomic mass is 16.4. The number of rotatable bonds is 15. The second kappa shape index (κ2) is 19.2. The maximum absolute atomic E-state index is 10.2. The van der Waals surface area contributed by atoms with Crippen molar-refractivity contribution in [1.82, 2.24) is 0 Å². The van der Waals surface area contributed by atoms with E-state index in [-0.39, 0.29) is 0 Å². The second-order valence-corrected chi connectivity index (χ2v) is 5.90. The van der Waals surface area contributed by atoms with Gasteiger partial charge in [-0.25, -0.2) is 4.79 Å². The molecular weight excluding hydrogens is 296 g/mol. The monoisotopic (exact) mass is 330 g/mol. The summed E-state index contributed by atoms with van der Waals surface area (Å²) in [5, 5.41) is 8.40. The van der Waals surface area contributed by atoms with E-state index < -0.39 is 5.97 Å². The molecule has 2 heteroatoms. The number of hydrogen-bond donors (Lipinski definition) is 1. The normalized spacial score (nSPS) is 12.7. The molecule has 0 spiro atoms. The Bertz CT molecular complexity index is 425. The van der Waals surface area contributed by atoms with Crippen LogP contribution in [-0.2, 0) is 4.79 Å². The van der Waals surface area contributed by atoms with E-state index in [0.29, 0.717) is 0 Å². The van der Waals surface area contributed by atoms with E-state index in [1.807, 2.05) is 24.3 Å². The smallest absolute Gasteiger partial charge is 0.328 e. The van der Waals surface area contributed by atoms with Crippen LogP contribution in [0.15, 0.2) is 60.8 Å². The lowest BCUT2D eigenvalue weighted by atomic mass is 10.1. The first kappa shape index (κ1) is 22.2. The van der Waals surface area contributed by atoms with Crippen molar-refractivity contribution in [2.24, 2.45) is 0 Å². The third-order valence-electron chi connectivity index (χ3n) is 3.63. The molecule has 0 aromatic carbocycles. The molecule has 0 aliphatic heterocycles. The van der Waals surface area contributed by atoms with Crippen LogP contribution in [0.5, 0.6) is 0 Å². The molecular formula is C22H34O2. The molecule has 24 heavy (non-hydrogen) atoms. The van der Waals surface area contributed by atoms with Gasteiger partial charge in [-0.2, -0.15) is 0 Å². The van der Waals surface area contributed by atoms with E-state index in [1.165, 1.54) is 63.9 Å². The van der Waals surface area contributed by atoms with E-state index in [2.05, 4.69) is 19.1 Å². The van der Waals surface area contributed by atoms with Gasteiger partial charge in [0, 0.05) is 6.08 Å². The van der Waals surface area contributed by atoms with Crippen molar-refractivity contribution in [2.45, 2.75) is 71.1 Å². The first-order valence-corrected chi connectivity index (χ1v) is 9.33. The fraction of sp³-hybridized carbons (Fsp3) is 0.500. The molecule has 0 radical (unpaired) electrons. The number of carboxylic acid groups (broad SMARTS) is 1. The highest BCUT2D eigenvalue weighted by Crippen LogP contribution is 2.10. The number of allylic oxidation sites excluding steroid dienone is 9. The van der Waals surface area contributed by atoms with Crippen molar-refractivity contribution in [2.75, 3.05) is 0 Å². The van der Waals surface area contributed by atoms with Gasteiger partial charge in [0.15, 0.2) is 0 Å². The van der Waals surface area contributed by atoms with Gasteiger partial charge in [0.25, 0.3) is 0 Å². The fourth-order valence-electron chi connectivity index (χ4n) is 2.27. The zero-order chi connectivity index (χ0) is 17.7. The molecule has 0 heterocycles. The number of unbranched alkanes of at least 4 members (excludes halogenated alkanes) is 9. The van der Waals surface area contributed by atoms with Crippen LogP contribution in [0.1, 0.15) is 71.1 Å². The van der Waals surface area contributed by atoms with Gasteiger partial charge >= 0.3 is 5.97 Å². The molecule has 0 rings (SSSR count). The van der Waals surface area contributed by atoms with Crippen molar-refractivity contribution in [3.8, 4) is 0 Å². The SMILES string of the molecule is CCCCCCCCCCC/C=C/C=C/C=C\C=C\C=C\C(=O)O. The van der Waals surface area contributed by atoms with Crippen LogP contribution in [-0.4, -0.2) is 11.1 Å². The van der Waals surface area contributed by atoms with Crippen molar-refractivity contribution >= 4 is 5.97 Å². The van der Waals surface area contributed by atoms with Gasteiger partial charge in [-0.3, -0.25) is 0 Å². The van der Waals surface area contributed by atoms with E-state index in [0.717, 1.165) is 12.5 Å². The van der Waals surface area contributed by atoms with Gasteiger partial charge in [-0.05, 0) is 12.8 Å². The number of aliphatic carboxylic acids is 1. The highest BCUT2D eigenvalue weighted by Gasteiger charge is 1.90. The standard InChI is InChI=1S/C22H34O2/c1-2-3-4-5-6-7-8-9-10-11-12-13-14-15-16-17-18-19-20-21-22(23)24/h12-21H,2-11H2,1H3,(H,23,24)/b13-12+,15-14+,17-16-,19-18+,21-20+. The summed E-state index contributed by atoms with van der Waals surface area (Å²) in [5.41, 5.74) is 0. The Labute approximate surface area is 148 Å². The van der Waals surface area contributed by atoms with Gasteiger partial charge in [0.2, 0.25) is 0 Å². The second-order valence-electron chi connectivity index (χ2n) is 5.90. The summed E-state index contributed by atoms with van der Waals surface area (Å²) < 4.78 is 0. The minimum atomic E-state index is -0.930. The molecule has 0 saturated heterocycles. The largest absolute Gasteiger partial charge is 0.478 e. The van der Waals surface area contributed by atoms with Crippen LogP contribution in [0.4, 0.5) is 0 Å². The minimum absolute atomic E-state index is 0.930. The lowest BCUT2D eigenvalue weighted by Crippen LogP contribution is -1.84. The van der Waals surface area contributed by atoms with Gasteiger partial charge in [-0.15, -0.1) is 0 Å². The van der Waals surface area contributed by atoms with Gasteiger partial charge in [0.1, 0.15) is 0 Å². The molecule has 0 bridgehead atoms. The number of carbonyl (C=O) groups is 1. The van der Waals surface area contributed by atoms with Crippen molar-refractivity contribution in [3.05, 3.63) is 60.8 Å². The molecule has 0 aromatic rings. The van der Waals surface area contributed by atoms with Crippen LogP contribution >= 0.6 is 0 Å². The summed E-state index contributed by atoms with van der Waals surface area (Å²) in [7, 11) is 0. The predicted molar refractivity (Wildman–Crippen MR) is 105 cm³/mol. The van der Waals surface area contributed by atoms with Crippen molar-refractivity contribution in [3.63, 3.8) is 0 Å². The first-order valence-electron chi connectivity index (χ1n) is 9.33. The molecule has 0 saturated carbocycles. The Balaban J connectivity index is 3.44. The summed E-state index contributed by atoms with van der Waals surface area (Å²) >= 11 is 0. The average molecular weight is 331 g/mol. The lowest BCUT2D eigenvalue weighted by Gasteiger charge is -2.00. The Morgan fingerprint density at radius 2 is 1.12 bits per heavy atom. The zero-order valence-corrected chi connectivity index (χ0v) is 15.2. The fourth-order valence-corrected chi connectivity index (χ4v) is 2.27. The third-order valence-corrected chi connectivity index (χ3v) is 3.63. The molecule has 2 nitrogen and oxygen atoms in total. The van der Waals surface area contributed by atoms with Crippen LogP contribution in [0.25, 0.3) is 0 Å². The quantitative estimate of drug-likeness (QED) is 0.204. The summed E-state index contributed by atoms with van der Waals surface area (Å²) in [5.74, 6) is -0.930. The lowest BCUT2D eigenvalue weighted by molar-refractivity contribution is -0.131. The summed E-state index contributed by atoms with van der Waals surface area (Å²) in [6.45, 7) is 2.26. The predicted octanol–water partition coefficient (Wildman–Crippen LogP) is 6.77. The van der Waals surface area contributed by atoms with E-state index in [9.17, 15) is 4.79 Å². The van der Waals surface area contributed by atoms with E-state index in [1.54, 1.807) is 12.2 Å². The number of carboxylic acids is 1. The molecule has 0 atom stereocenters. The number of hydrogen-bond acceptors (Lipinski definition) is 1. The Morgan fingerprint density at radius 1 is 0.667 bits per heavy atom. The molecule has 0 aromatic heterocycles. The summed E-state index contributed by atoms with van der Waals surface area (Å²) in [6.07, 6.45) is 31.7. The maximum Gasteiger partial charge on any atom is 0.328 e. The van der Waals surface area contributed by atoms with Gasteiger partial charge < -0.3 is 5.11 Å². The van der Waals surface area contributed by atoms with Gasteiger partial charge in [-0.1, -0.05) is 113 Å². The summed E-state index contributed by atoms with van der Waals surface area (Å²) in [4.78, 5) is 10.2. The Morgan fingerprint density at radius 3 is 1.67 bits per heavy atom. The van der Waals surface area contributed by atoms with Crippen LogP contribution in [0.2, 0.25) is 0 Å². The molecule has 0 fully saturated rings. The highest BCUT2D eigenvalue weighted by molar-refractivity contribution is 5.80. The van der Waals surface area contributed by atoms with Crippen LogP contribution in [0, 0.1) is 0 Å². The Hall–Kier alpha value is -1.83. The van der Waals surface area contributed by atoms with Crippen LogP contribution < -0.4 is 0 Å². The van der Waals surface area contributed by atoms with Crippen LogP contribution in [0.3, 0.4) is 0 Å². The maximum atomic E-state index is 10.2. The summed E-state index contributed by atoms with van der Waals surface area (Å²) in [6, 6.07) is 0. The van der Waals surface area contributed by atoms with Crippen molar-refractivity contribution < 1.29 is 9.90 Å². The molecule has 0 unspecified atom stereocenters. The van der Waals surface area contributed by atoms with E-state index in [4.69, 9.17) is 5.11 Å². The minimum Gasteiger partial charge on any atom is -0.478 e. The third kappa shape index (κ3) is 20.2. The molecule has 1 N–H and O–H groups in total. The molecule has 0 amide bonds. The van der Waals surface area contributed by atoms with Gasteiger partial charge in [0.05, 0.1) is 0 Å². The first-order chi connectivity index (χ1) is 11.8. The topological polar surface area (TPSA) is 37.3 Å². The van der Waals surface area contributed by atoms with E-state index >= 15 is 0 Å². The molecule has 0 aliphatic carbocycles.